The van der Waals surface area contributed by atoms with Crippen LogP contribution in [0.15, 0.2) is 67.1 Å². The molecule has 0 N–H and O–H groups in total. The quantitative estimate of drug-likeness (QED) is 0.367. The zero-order valence-electron chi connectivity index (χ0n) is 15.3. The lowest BCUT2D eigenvalue weighted by atomic mass is 9.83. The van der Waals surface area contributed by atoms with Gasteiger partial charge in [0, 0.05) is 31.4 Å². The zero-order valence-corrected chi connectivity index (χ0v) is 15.3. The summed E-state index contributed by atoms with van der Waals surface area (Å²) in [4.78, 5) is 11.6. The molecule has 0 saturated carbocycles. The molecule has 1 aliphatic carbocycles. The normalized spacial score (nSPS) is 14.6. The summed E-state index contributed by atoms with van der Waals surface area (Å²) in [5.74, 6) is 1.06. The highest BCUT2D eigenvalue weighted by Gasteiger charge is 2.36. The molecule has 0 radical (unpaired) electrons. The van der Waals surface area contributed by atoms with Gasteiger partial charge in [-0.3, -0.25) is 9.88 Å². The zero-order chi connectivity index (χ0) is 18.2. The van der Waals surface area contributed by atoms with E-state index in [0.29, 0.717) is 0 Å². The summed E-state index contributed by atoms with van der Waals surface area (Å²) in [7, 11) is 0. The molecule has 2 aromatic heterocycles. The van der Waals surface area contributed by atoms with E-state index in [1.807, 2.05) is 24.7 Å². The summed E-state index contributed by atoms with van der Waals surface area (Å²) in [6.07, 6.45) is 8.74. The highest BCUT2D eigenvalue weighted by Crippen LogP contribution is 2.54. The Morgan fingerprint density at radius 1 is 0.750 bits per heavy atom. The number of rotatable bonds is 0. The van der Waals surface area contributed by atoms with E-state index in [0.717, 1.165) is 25.1 Å². The van der Waals surface area contributed by atoms with Gasteiger partial charge in [0.05, 0.1) is 11.4 Å². The van der Waals surface area contributed by atoms with Gasteiger partial charge in [-0.2, -0.15) is 0 Å². The highest BCUT2D eigenvalue weighted by atomic mass is 15.2. The van der Waals surface area contributed by atoms with Gasteiger partial charge >= 0.3 is 0 Å². The van der Waals surface area contributed by atoms with Crippen molar-refractivity contribution in [2.45, 2.75) is 19.3 Å². The molecule has 0 fully saturated rings. The summed E-state index contributed by atoms with van der Waals surface area (Å²) in [6.45, 7) is 0. The van der Waals surface area contributed by atoms with E-state index in [1.165, 1.54) is 55.9 Å². The summed E-state index contributed by atoms with van der Waals surface area (Å²) < 4.78 is 0. The fourth-order valence-corrected chi connectivity index (χ4v) is 5.32. The number of nitrogens with zero attached hydrogens (tertiary/aromatic N) is 3. The number of hydrogen-bond acceptors (Lipinski definition) is 3. The van der Waals surface area contributed by atoms with Crippen molar-refractivity contribution in [2.75, 3.05) is 4.90 Å². The number of anilines is 3. The van der Waals surface area contributed by atoms with Crippen molar-refractivity contribution in [1.82, 2.24) is 9.97 Å². The summed E-state index contributed by atoms with van der Waals surface area (Å²) in [5.41, 5.74) is 13.7. The van der Waals surface area contributed by atoms with E-state index in [4.69, 9.17) is 4.98 Å². The van der Waals surface area contributed by atoms with Crippen LogP contribution in [0.1, 0.15) is 33.4 Å². The van der Waals surface area contributed by atoms with Crippen LogP contribution in [0.2, 0.25) is 0 Å². The largest absolute Gasteiger partial charge is 0.294 e. The fraction of sp³-hybridized carbons (Fsp3) is 0.120. The molecular weight excluding hydrogens is 342 g/mol. The topological polar surface area (TPSA) is 29.0 Å². The van der Waals surface area contributed by atoms with Crippen molar-refractivity contribution < 1.29 is 0 Å². The fourth-order valence-electron chi connectivity index (χ4n) is 5.32. The minimum Gasteiger partial charge on any atom is -0.294 e. The molecule has 0 saturated heterocycles. The molecule has 0 atom stereocenters. The second-order valence-electron chi connectivity index (χ2n) is 7.91. The number of aromatic nitrogens is 2. The van der Waals surface area contributed by atoms with Gasteiger partial charge in [-0.05, 0) is 63.1 Å². The molecule has 2 aromatic carbocycles. The molecule has 3 aliphatic rings. The van der Waals surface area contributed by atoms with Crippen molar-refractivity contribution in [3.8, 4) is 11.1 Å². The number of hydrogen-bond donors (Lipinski definition) is 0. The third kappa shape index (κ3) is 1.74. The first-order valence-corrected chi connectivity index (χ1v) is 9.81. The lowest BCUT2D eigenvalue weighted by Gasteiger charge is -2.39. The maximum atomic E-state index is 4.79. The molecule has 3 nitrogen and oxygen atoms in total. The van der Waals surface area contributed by atoms with E-state index in [1.54, 1.807) is 0 Å². The van der Waals surface area contributed by atoms with Gasteiger partial charge in [0.2, 0.25) is 0 Å². The van der Waals surface area contributed by atoms with Crippen LogP contribution in [0.4, 0.5) is 17.2 Å². The third-order valence-corrected chi connectivity index (χ3v) is 6.40. The number of fused-ring (bicyclic) bond motifs is 8. The Hall–Kier alpha value is -3.46. The smallest absolute Gasteiger partial charge is 0.141 e. The third-order valence-electron chi connectivity index (χ3n) is 6.40. The molecule has 0 unspecified atom stereocenters. The Bertz CT molecular complexity index is 1290. The average Bonchev–Trinajstić information content (AvgIpc) is 3.11. The maximum Gasteiger partial charge on any atom is 0.141 e. The van der Waals surface area contributed by atoms with Crippen molar-refractivity contribution in [3.05, 3.63) is 101 Å². The van der Waals surface area contributed by atoms with Crippen LogP contribution in [0.5, 0.6) is 0 Å². The van der Waals surface area contributed by atoms with Crippen molar-refractivity contribution in [1.29, 1.82) is 0 Å². The van der Waals surface area contributed by atoms with E-state index < -0.39 is 0 Å². The van der Waals surface area contributed by atoms with Gasteiger partial charge in [-0.15, -0.1) is 0 Å². The summed E-state index contributed by atoms with van der Waals surface area (Å²) >= 11 is 0. The molecule has 0 spiro atoms. The molecule has 28 heavy (non-hydrogen) atoms. The minimum absolute atomic E-state index is 0.932. The number of benzene rings is 2. The second kappa shape index (κ2) is 5.08. The van der Waals surface area contributed by atoms with Gasteiger partial charge in [-0.1, -0.05) is 36.4 Å². The van der Waals surface area contributed by atoms with Gasteiger partial charge < -0.3 is 0 Å². The van der Waals surface area contributed by atoms with Crippen LogP contribution in [-0.4, -0.2) is 9.97 Å². The molecule has 0 bridgehead atoms. The Labute approximate surface area is 163 Å². The predicted octanol–water partition coefficient (Wildman–Crippen LogP) is 5.33. The first kappa shape index (κ1) is 14.6. The van der Waals surface area contributed by atoms with Crippen molar-refractivity contribution in [3.63, 3.8) is 0 Å². The molecule has 4 heterocycles. The van der Waals surface area contributed by atoms with Gasteiger partial charge in [0.15, 0.2) is 0 Å². The second-order valence-corrected chi connectivity index (χ2v) is 7.91. The van der Waals surface area contributed by atoms with Crippen LogP contribution in [-0.2, 0) is 19.3 Å². The molecule has 4 aromatic rings. The SMILES string of the molecule is c1ccc2c(c1)Cc1cc3c4c(c1-2)Cc1cnccc1N4c1ncccc1C3. The van der Waals surface area contributed by atoms with E-state index >= 15 is 0 Å². The standard InChI is InChI=1S/C25H17N3/c1-2-6-20-15(4-1)10-17-12-18-11-16-5-3-8-27-25(16)28-22-7-9-26-14-19(22)13-21(23(17)20)24(18)28/h1-9,12,14H,10-11,13H2. The molecule has 7 rings (SSSR count). The molecule has 132 valence electrons. The minimum atomic E-state index is 0.932. The van der Waals surface area contributed by atoms with E-state index in [2.05, 4.69) is 52.3 Å². The molecule has 2 aliphatic heterocycles. The monoisotopic (exact) mass is 359 g/mol. The summed E-state index contributed by atoms with van der Waals surface area (Å²) in [5, 5.41) is 0. The van der Waals surface area contributed by atoms with E-state index in [-0.39, 0.29) is 0 Å². The number of pyridine rings is 2. The Balaban J connectivity index is 1.60. The Morgan fingerprint density at radius 2 is 1.64 bits per heavy atom. The molecular formula is C25H17N3. The van der Waals surface area contributed by atoms with Crippen LogP contribution >= 0.6 is 0 Å². The van der Waals surface area contributed by atoms with Crippen LogP contribution in [0.3, 0.4) is 0 Å². The van der Waals surface area contributed by atoms with Crippen molar-refractivity contribution in [2.24, 2.45) is 0 Å². The van der Waals surface area contributed by atoms with Gasteiger partial charge in [0.1, 0.15) is 5.82 Å². The molecule has 0 amide bonds. The van der Waals surface area contributed by atoms with Gasteiger partial charge in [-0.25, -0.2) is 4.98 Å². The first-order chi connectivity index (χ1) is 13.9. The Morgan fingerprint density at radius 3 is 2.64 bits per heavy atom. The van der Waals surface area contributed by atoms with Crippen molar-refractivity contribution >= 4 is 17.2 Å². The lowest BCUT2D eigenvalue weighted by molar-refractivity contribution is 0.971. The average molecular weight is 359 g/mol. The molecule has 3 heteroatoms. The first-order valence-electron chi connectivity index (χ1n) is 9.81. The maximum absolute atomic E-state index is 4.79. The Kier molecular flexibility index (Phi) is 2.64. The van der Waals surface area contributed by atoms with Crippen LogP contribution in [0, 0.1) is 0 Å². The predicted molar refractivity (Wildman–Crippen MR) is 111 cm³/mol. The van der Waals surface area contributed by atoms with Crippen LogP contribution < -0.4 is 4.90 Å². The lowest BCUT2D eigenvalue weighted by Crippen LogP contribution is -2.26. The van der Waals surface area contributed by atoms with Crippen LogP contribution in [0.25, 0.3) is 11.1 Å². The highest BCUT2D eigenvalue weighted by molar-refractivity contribution is 5.94. The van der Waals surface area contributed by atoms with Gasteiger partial charge in [0.25, 0.3) is 0 Å². The summed E-state index contributed by atoms with van der Waals surface area (Å²) in [6, 6.07) is 17.7. The van der Waals surface area contributed by atoms with E-state index in [9.17, 15) is 0 Å².